The minimum atomic E-state index is 0.278. The van der Waals surface area contributed by atoms with E-state index in [1.165, 1.54) is 66.1 Å². The highest BCUT2D eigenvalue weighted by Gasteiger charge is 2.25. The van der Waals surface area contributed by atoms with Gasteiger partial charge in [0.25, 0.3) is 0 Å². The molecular formula is C32H46. The van der Waals surface area contributed by atoms with E-state index >= 15 is 0 Å². The van der Waals surface area contributed by atoms with Crippen LogP contribution in [-0.4, -0.2) is 0 Å². The zero-order valence-corrected chi connectivity index (χ0v) is 23.4. The molecule has 0 amide bonds. The van der Waals surface area contributed by atoms with Crippen LogP contribution in [0.15, 0.2) is 0 Å². The number of hydrogen-bond donors (Lipinski definition) is 0. The molecule has 32 heavy (non-hydrogen) atoms. The summed E-state index contributed by atoms with van der Waals surface area (Å²) >= 11 is 0. The Morgan fingerprint density at radius 2 is 0.594 bits per heavy atom. The molecule has 0 atom stereocenters. The minimum absolute atomic E-state index is 0.278. The summed E-state index contributed by atoms with van der Waals surface area (Å²) < 4.78 is 0. The number of hydrogen-bond acceptors (Lipinski definition) is 0. The van der Waals surface area contributed by atoms with Crippen molar-refractivity contribution in [3.63, 3.8) is 0 Å². The van der Waals surface area contributed by atoms with Gasteiger partial charge in [-0.1, -0.05) is 41.5 Å². The Kier molecular flexibility index (Phi) is 6.12. The van der Waals surface area contributed by atoms with E-state index in [1.54, 1.807) is 11.1 Å². The molecule has 3 rings (SSSR count). The first-order valence-electron chi connectivity index (χ1n) is 12.4. The summed E-state index contributed by atoms with van der Waals surface area (Å²) in [6.07, 6.45) is 2.25. The lowest BCUT2D eigenvalue weighted by molar-refractivity contribution is 0.409. The molecule has 0 radical (unpaired) electrons. The maximum Gasteiger partial charge on any atom is -0.0111 e. The van der Waals surface area contributed by atoms with Crippen LogP contribution in [0.5, 0.6) is 0 Å². The molecule has 0 spiro atoms. The monoisotopic (exact) mass is 430 g/mol. The number of benzene rings is 3. The lowest BCUT2D eigenvalue weighted by atomic mass is 9.76. The van der Waals surface area contributed by atoms with E-state index < -0.39 is 0 Å². The van der Waals surface area contributed by atoms with Crippen LogP contribution in [0.4, 0.5) is 0 Å². The van der Waals surface area contributed by atoms with Crippen molar-refractivity contribution in [1.29, 1.82) is 0 Å². The van der Waals surface area contributed by atoms with Crippen LogP contribution in [0.2, 0.25) is 0 Å². The number of rotatable bonds is 2. The van der Waals surface area contributed by atoms with Crippen LogP contribution < -0.4 is 0 Å². The minimum Gasteiger partial charge on any atom is -0.0599 e. The van der Waals surface area contributed by atoms with Gasteiger partial charge in [0.05, 0.1) is 0 Å². The molecule has 0 aromatic heterocycles. The molecule has 3 aromatic carbocycles. The van der Waals surface area contributed by atoms with E-state index in [0.29, 0.717) is 0 Å². The van der Waals surface area contributed by atoms with E-state index in [0.717, 1.165) is 12.8 Å². The molecule has 0 heterocycles. The van der Waals surface area contributed by atoms with Crippen LogP contribution in [0, 0.1) is 66.2 Å². The highest BCUT2D eigenvalue weighted by molar-refractivity contribution is 6.11. The van der Waals surface area contributed by atoms with Crippen molar-refractivity contribution in [3.8, 4) is 0 Å². The van der Waals surface area contributed by atoms with Crippen molar-refractivity contribution >= 4 is 21.5 Å². The van der Waals surface area contributed by atoms with Gasteiger partial charge in [0.1, 0.15) is 0 Å². The third-order valence-corrected chi connectivity index (χ3v) is 7.85. The third kappa shape index (κ3) is 4.00. The average Bonchev–Trinajstić information content (AvgIpc) is 2.64. The first-order chi connectivity index (χ1) is 14.5. The van der Waals surface area contributed by atoms with Crippen molar-refractivity contribution in [2.45, 2.75) is 110 Å². The summed E-state index contributed by atoms with van der Waals surface area (Å²) in [5, 5.41) is 6.00. The predicted octanol–water partition coefficient (Wildman–Crippen LogP) is 9.64. The summed E-state index contributed by atoms with van der Waals surface area (Å²) in [4.78, 5) is 0. The van der Waals surface area contributed by atoms with Crippen LogP contribution in [-0.2, 0) is 12.8 Å². The summed E-state index contributed by atoms with van der Waals surface area (Å²) in [6.45, 7) is 33.1. The van der Waals surface area contributed by atoms with Crippen molar-refractivity contribution in [1.82, 2.24) is 0 Å². The van der Waals surface area contributed by atoms with Crippen molar-refractivity contribution in [2.75, 3.05) is 0 Å². The highest BCUT2D eigenvalue weighted by atomic mass is 14.3. The molecule has 0 aliphatic carbocycles. The van der Waals surface area contributed by atoms with Crippen LogP contribution in [0.3, 0.4) is 0 Å². The molecule has 0 aliphatic rings. The Morgan fingerprint density at radius 3 is 0.844 bits per heavy atom. The first-order valence-corrected chi connectivity index (χ1v) is 12.4. The molecule has 0 nitrogen and oxygen atoms in total. The molecule has 0 unspecified atom stereocenters. The lowest BCUT2D eigenvalue weighted by Gasteiger charge is -2.29. The van der Waals surface area contributed by atoms with Crippen molar-refractivity contribution in [3.05, 3.63) is 55.6 Å². The normalized spacial score (nSPS) is 12.9. The zero-order valence-electron chi connectivity index (χ0n) is 23.4. The average molecular weight is 431 g/mol. The topological polar surface area (TPSA) is 0 Å². The zero-order chi connectivity index (χ0) is 24.5. The molecular weight excluding hydrogens is 384 g/mol. The fourth-order valence-electron chi connectivity index (χ4n) is 6.16. The summed E-state index contributed by atoms with van der Waals surface area (Å²) in [5.41, 5.74) is 15.5. The van der Waals surface area contributed by atoms with Crippen molar-refractivity contribution < 1.29 is 0 Å². The molecule has 0 saturated heterocycles. The van der Waals surface area contributed by atoms with E-state index in [1.807, 2.05) is 0 Å². The Balaban J connectivity index is 2.59. The molecule has 174 valence electrons. The van der Waals surface area contributed by atoms with Crippen LogP contribution in [0.1, 0.15) is 97.2 Å². The van der Waals surface area contributed by atoms with E-state index in [-0.39, 0.29) is 10.8 Å². The quantitative estimate of drug-likeness (QED) is 0.355. The Hall–Kier alpha value is -1.82. The predicted molar refractivity (Wildman–Crippen MR) is 146 cm³/mol. The number of aryl methyl sites for hydroxylation is 6. The second kappa shape index (κ2) is 7.89. The molecule has 3 aromatic rings. The summed E-state index contributed by atoms with van der Waals surface area (Å²) in [7, 11) is 0. The molecule has 0 fully saturated rings. The van der Waals surface area contributed by atoms with Gasteiger partial charge in [-0.2, -0.15) is 0 Å². The van der Waals surface area contributed by atoms with Gasteiger partial charge in [0.15, 0.2) is 0 Å². The van der Waals surface area contributed by atoms with Crippen LogP contribution >= 0.6 is 0 Å². The van der Waals surface area contributed by atoms with Gasteiger partial charge in [-0.3, -0.25) is 0 Å². The summed E-state index contributed by atoms with van der Waals surface area (Å²) in [6, 6.07) is 0. The second-order valence-electron chi connectivity index (χ2n) is 12.9. The number of fused-ring (bicyclic) bond motifs is 2. The van der Waals surface area contributed by atoms with Gasteiger partial charge in [0, 0.05) is 0 Å². The largest absolute Gasteiger partial charge is 0.0599 e. The molecule has 0 saturated carbocycles. The highest BCUT2D eigenvalue weighted by Crippen LogP contribution is 2.44. The lowest BCUT2D eigenvalue weighted by Crippen LogP contribution is -2.14. The fraction of sp³-hybridized carbons (Fsp3) is 0.562. The maximum absolute atomic E-state index is 2.38. The van der Waals surface area contributed by atoms with Gasteiger partial charge < -0.3 is 0 Å². The Morgan fingerprint density at radius 1 is 0.344 bits per heavy atom. The van der Waals surface area contributed by atoms with Gasteiger partial charge in [-0.05, 0) is 156 Å². The Labute approximate surface area is 197 Å². The molecule has 0 N–H and O–H groups in total. The third-order valence-electron chi connectivity index (χ3n) is 7.85. The fourth-order valence-corrected chi connectivity index (χ4v) is 6.16. The summed E-state index contributed by atoms with van der Waals surface area (Å²) in [5.74, 6) is 0. The van der Waals surface area contributed by atoms with E-state index in [4.69, 9.17) is 0 Å². The standard InChI is InChI=1S/C32H46/c1-17-19(3)27-23(7)30-22(6)26(16-32(12,13)14)18(2)20(4)28(30)24(8)29(27)21(5)25(17)15-31(9,10)11/h15-16H2,1-14H3. The van der Waals surface area contributed by atoms with Gasteiger partial charge in [-0.15, -0.1) is 0 Å². The van der Waals surface area contributed by atoms with Gasteiger partial charge >= 0.3 is 0 Å². The SMILES string of the molecule is Cc1c(CC(C)(C)C)c(C)c2c(C)c3c(C)c(C)c(CC(C)(C)C)c(C)c3c(C)c2c1C. The van der Waals surface area contributed by atoms with Crippen LogP contribution in [0.25, 0.3) is 21.5 Å². The molecule has 0 aliphatic heterocycles. The Bertz CT molecular complexity index is 1140. The van der Waals surface area contributed by atoms with E-state index in [9.17, 15) is 0 Å². The molecule has 0 bridgehead atoms. The second-order valence-corrected chi connectivity index (χ2v) is 12.9. The smallest absolute Gasteiger partial charge is 0.0111 e. The van der Waals surface area contributed by atoms with Gasteiger partial charge in [-0.25, -0.2) is 0 Å². The van der Waals surface area contributed by atoms with Crippen molar-refractivity contribution in [2.24, 2.45) is 10.8 Å². The van der Waals surface area contributed by atoms with Gasteiger partial charge in [0.2, 0.25) is 0 Å². The maximum atomic E-state index is 2.38. The first kappa shape index (κ1) is 24.8. The van der Waals surface area contributed by atoms with E-state index in [2.05, 4.69) is 96.9 Å². The molecule has 0 heteroatoms.